The molecule has 0 saturated heterocycles. The predicted molar refractivity (Wildman–Crippen MR) is 83.3 cm³/mol. The minimum absolute atomic E-state index is 0.145. The zero-order valence-corrected chi connectivity index (χ0v) is 12.7. The smallest absolute Gasteiger partial charge is 0.131 e. The number of hydrogen-bond donors (Lipinski definition) is 2. The summed E-state index contributed by atoms with van der Waals surface area (Å²) in [6.45, 7) is 0.831. The van der Waals surface area contributed by atoms with Crippen LogP contribution in [0.2, 0.25) is 5.15 Å². The van der Waals surface area contributed by atoms with Crippen LogP contribution in [-0.4, -0.2) is 32.5 Å². The van der Waals surface area contributed by atoms with E-state index in [-0.39, 0.29) is 6.10 Å². The highest BCUT2D eigenvalue weighted by Gasteiger charge is 2.22. The van der Waals surface area contributed by atoms with Crippen LogP contribution in [0.15, 0.2) is 24.5 Å². The molecule has 0 amide bonds. The Hall–Kier alpha value is -1.59. The van der Waals surface area contributed by atoms with Crippen LogP contribution in [0.5, 0.6) is 0 Å². The second kappa shape index (κ2) is 6.03. The summed E-state index contributed by atoms with van der Waals surface area (Å²) in [6.07, 6.45) is 6.33. The third-order valence-electron chi connectivity index (χ3n) is 3.95. The summed E-state index contributed by atoms with van der Waals surface area (Å²) in [5, 5.41) is 17.9. The Morgan fingerprint density at radius 3 is 3.00 bits per heavy atom. The van der Waals surface area contributed by atoms with Gasteiger partial charge in [0.25, 0.3) is 0 Å². The van der Waals surface area contributed by atoms with Crippen molar-refractivity contribution in [1.29, 1.82) is 0 Å². The second-order valence-electron chi connectivity index (χ2n) is 5.64. The molecule has 1 aliphatic carbocycles. The van der Waals surface area contributed by atoms with Gasteiger partial charge in [0, 0.05) is 37.2 Å². The van der Waals surface area contributed by atoms with Gasteiger partial charge in [0.1, 0.15) is 5.15 Å². The topological polar surface area (TPSA) is 63.0 Å². The number of aliphatic hydroxyl groups is 1. The highest BCUT2D eigenvalue weighted by molar-refractivity contribution is 6.29. The summed E-state index contributed by atoms with van der Waals surface area (Å²) in [4.78, 5) is 4.15. The highest BCUT2D eigenvalue weighted by Crippen LogP contribution is 2.30. The van der Waals surface area contributed by atoms with E-state index in [0.717, 1.165) is 42.8 Å². The molecule has 21 heavy (non-hydrogen) atoms. The number of aliphatic hydroxyl groups excluding tert-OH is 1. The van der Waals surface area contributed by atoms with Gasteiger partial charge in [0.05, 0.1) is 11.8 Å². The van der Waals surface area contributed by atoms with Crippen molar-refractivity contribution in [2.24, 2.45) is 13.0 Å². The van der Waals surface area contributed by atoms with Gasteiger partial charge in [-0.25, -0.2) is 4.98 Å². The van der Waals surface area contributed by atoms with Gasteiger partial charge < -0.3 is 10.4 Å². The lowest BCUT2D eigenvalue weighted by Crippen LogP contribution is -2.13. The maximum atomic E-state index is 9.60. The van der Waals surface area contributed by atoms with E-state index in [9.17, 15) is 5.11 Å². The fourth-order valence-corrected chi connectivity index (χ4v) is 2.99. The summed E-state index contributed by atoms with van der Waals surface area (Å²) >= 11 is 6.01. The zero-order chi connectivity index (χ0) is 14.8. The summed E-state index contributed by atoms with van der Waals surface area (Å²) < 4.78 is 1.76. The first-order valence-electron chi connectivity index (χ1n) is 7.19. The highest BCUT2D eigenvalue weighted by atomic mass is 35.5. The third kappa shape index (κ3) is 3.36. The van der Waals surface area contributed by atoms with Crippen LogP contribution in [0.25, 0.3) is 11.3 Å². The van der Waals surface area contributed by atoms with Crippen molar-refractivity contribution in [3.05, 3.63) is 29.7 Å². The largest absolute Gasteiger partial charge is 0.393 e. The summed E-state index contributed by atoms with van der Waals surface area (Å²) in [5.41, 5.74) is 2.75. The van der Waals surface area contributed by atoms with E-state index < -0.39 is 0 Å². The van der Waals surface area contributed by atoms with Crippen molar-refractivity contribution in [1.82, 2.24) is 14.8 Å². The molecule has 0 spiro atoms. The number of rotatable bonds is 4. The quantitative estimate of drug-likeness (QED) is 0.853. The fraction of sp³-hybridized carbons (Fsp3) is 0.467. The number of anilines is 1. The number of halogens is 1. The van der Waals surface area contributed by atoms with E-state index in [0.29, 0.717) is 11.1 Å². The maximum absolute atomic E-state index is 9.60. The molecule has 3 rings (SSSR count). The van der Waals surface area contributed by atoms with Gasteiger partial charge >= 0.3 is 0 Å². The van der Waals surface area contributed by atoms with Crippen LogP contribution in [0.1, 0.15) is 19.3 Å². The molecule has 0 unspecified atom stereocenters. The molecule has 1 aliphatic rings. The SMILES string of the molecule is Cn1ccc(-c2cnc(Cl)cc2NC[C@H]2CC[C@@H](O)C2)n1. The number of hydrogen-bond acceptors (Lipinski definition) is 4. The number of aryl methyl sites for hydroxylation is 1. The minimum atomic E-state index is -0.145. The Labute approximate surface area is 129 Å². The molecule has 5 nitrogen and oxygen atoms in total. The molecule has 6 heteroatoms. The Bertz CT molecular complexity index is 628. The van der Waals surface area contributed by atoms with Crippen molar-refractivity contribution in [2.45, 2.75) is 25.4 Å². The molecule has 2 aromatic heterocycles. The van der Waals surface area contributed by atoms with E-state index in [1.165, 1.54) is 0 Å². The molecule has 0 aliphatic heterocycles. The van der Waals surface area contributed by atoms with Crippen LogP contribution in [0, 0.1) is 5.92 Å². The van der Waals surface area contributed by atoms with Crippen molar-refractivity contribution in [3.8, 4) is 11.3 Å². The van der Waals surface area contributed by atoms with Gasteiger partial charge in [0.2, 0.25) is 0 Å². The molecular weight excluding hydrogens is 288 g/mol. The van der Waals surface area contributed by atoms with Gasteiger partial charge in [-0.2, -0.15) is 5.10 Å². The van der Waals surface area contributed by atoms with Crippen LogP contribution >= 0.6 is 11.6 Å². The van der Waals surface area contributed by atoms with Crippen molar-refractivity contribution in [2.75, 3.05) is 11.9 Å². The van der Waals surface area contributed by atoms with Crippen molar-refractivity contribution in [3.63, 3.8) is 0 Å². The van der Waals surface area contributed by atoms with E-state index in [1.54, 1.807) is 10.9 Å². The van der Waals surface area contributed by atoms with Crippen molar-refractivity contribution >= 4 is 17.3 Å². The zero-order valence-electron chi connectivity index (χ0n) is 12.0. The molecule has 2 heterocycles. The molecule has 112 valence electrons. The van der Waals surface area contributed by atoms with E-state index in [2.05, 4.69) is 15.4 Å². The first-order chi connectivity index (χ1) is 10.1. The Balaban J connectivity index is 1.78. The third-order valence-corrected chi connectivity index (χ3v) is 4.16. The van der Waals surface area contributed by atoms with E-state index in [4.69, 9.17) is 11.6 Å². The van der Waals surface area contributed by atoms with Gasteiger partial charge in [-0.1, -0.05) is 11.6 Å². The molecule has 0 radical (unpaired) electrons. The molecule has 2 atom stereocenters. The lowest BCUT2D eigenvalue weighted by molar-refractivity contribution is 0.178. The lowest BCUT2D eigenvalue weighted by atomic mass is 10.1. The minimum Gasteiger partial charge on any atom is -0.393 e. The van der Waals surface area contributed by atoms with Crippen LogP contribution < -0.4 is 5.32 Å². The Kier molecular flexibility index (Phi) is 4.12. The molecule has 0 bridgehead atoms. The lowest BCUT2D eigenvalue weighted by Gasteiger charge is -2.14. The number of nitrogens with zero attached hydrogens (tertiary/aromatic N) is 3. The summed E-state index contributed by atoms with van der Waals surface area (Å²) in [5.74, 6) is 0.503. The van der Waals surface area contributed by atoms with Crippen LogP contribution in [0.3, 0.4) is 0 Å². The predicted octanol–water partition coefficient (Wildman–Crippen LogP) is 2.71. The molecule has 2 N–H and O–H groups in total. The number of nitrogens with one attached hydrogen (secondary N) is 1. The normalized spacial score (nSPS) is 21.7. The second-order valence-corrected chi connectivity index (χ2v) is 6.03. The fourth-order valence-electron chi connectivity index (χ4n) is 2.83. The first kappa shape index (κ1) is 14.4. The average Bonchev–Trinajstić information content (AvgIpc) is 3.05. The van der Waals surface area contributed by atoms with Gasteiger partial charge in [0.15, 0.2) is 0 Å². The monoisotopic (exact) mass is 306 g/mol. The van der Waals surface area contributed by atoms with Crippen LogP contribution in [-0.2, 0) is 7.05 Å². The van der Waals surface area contributed by atoms with E-state index in [1.807, 2.05) is 25.4 Å². The molecule has 1 saturated carbocycles. The standard InChI is InChI=1S/C15H19ClN4O/c1-20-5-4-13(19-20)12-9-18-15(16)7-14(12)17-8-10-2-3-11(21)6-10/h4-5,7,9-11,21H,2-3,6,8H2,1H3,(H,17,18)/t10-,11+/m0/s1. The number of aromatic nitrogens is 3. The van der Waals surface area contributed by atoms with Gasteiger partial charge in [-0.05, 0) is 37.3 Å². The molecule has 1 fully saturated rings. The summed E-state index contributed by atoms with van der Waals surface area (Å²) in [7, 11) is 1.89. The van der Waals surface area contributed by atoms with Gasteiger partial charge in [-0.3, -0.25) is 4.68 Å². The number of pyridine rings is 1. The Morgan fingerprint density at radius 2 is 2.33 bits per heavy atom. The Morgan fingerprint density at radius 1 is 1.48 bits per heavy atom. The maximum Gasteiger partial charge on any atom is 0.131 e. The average molecular weight is 307 g/mol. The first-order valence-corrected chi connectivity index (χ1v) is 7.57. The molecule has 2 aromatic rings. The van der Waals surface area contributed by atoms with Gasteiger partial charge in [-0.15, -0.1) is 0 Å². The summed E-state index contributed by atoms with van der Waals surface area (Å²) in [6, 6.07) is 3.78. The molecule has 0 aromatic carbocycles. The van der Waals surface area contributed by atoms with Crippen LogP contribution in [0.4, 0.5) is 5.69 Å². The molecular formula is C15H19ClN4O. The van der Waals surface area contributed by atoms with Crippen molar-refractivity contribution < 1.29 is 5.11 Å². The van der Waals surface area contributed by atoms with E-state index >= 15 is 0 Å².